The van der Waals surface area contributed by atoms with E-state index in [9.17, 15) is 9.50 Å². The van der Waals surface area contributed by atoms with E-state index < -0.39 is 11.6 Å². The predicted molar refractivity (Wildman–Crippen MR) is 106 cm³/mol. The summed E-state index contributed by atoms with van der Waals surface area (Å²) in [5, 5.41) is 15.3. The molecule has 0 saturated carbocycles. The smallest absolute Gasteiger partial charge is 0.132 e. The van der Waals surface area contributed by atoms with Gasteiger partial charge >= 0.3 is 0 Å². The average Bonchev–Trinajstić information content (AvgIpc) is 3.07. The maximum Gasteiger partial charge on any atom is 0.132 e. The van der Waals surface area contributed by atoms with Crippen LogP contribution >= 0.6 is 11.6 Å². The zero-order valence-corrected chi connectivity index (χ0v) is 16.0. The third-order valence-corrected chi connectivity index (χ3v) is 5.98. The number of fused-ring (bicyclic) bond motifs is 2. The van der Waals surface area contributed by atoms with Crippen molar-refractivity contribution >= 4 is 28.2 Å². The lowest BCUT2D eigenvalue weighted by atomic mass is 9.77. The van der Waals surface area contributed by atoms with Crippen LogP contribution in [0.25, 0.3) is 22.0 Å². The van der Waals surface area contributed by atoms with Crippen LogP contribution in [-0.4, -0.2) is 21.7 Å². The standard InChI is InChI=1S/C21H22ClFN2O/c1-10-9-14(12-5-6-15(23)13-7-8-24-19(12)13)17(22)16-11(2)20(26)21(3,4)25-18(10)16/h5-9,11,20,24-26H,1-4H3. The Morgan fingerprint density at radius 2 is 1.92 bits per heavy atom. The SMILES string of the molecule is Cc1cc(-c2ccc(F)c3cc[nH]c23)c(Cl)c2c1NC(C)(C)C(O)C2C. The van der Waals surface area contributed by atoms with E-state index in [1.165, 1.54) is 6.07 Å². The lowest BCUT2D eigenvalue weighted by Crippen LogP contribution is -2.50. The third-order valence-electron chi connectivity index (χ3n) is 5.57. The zero-order chi connectivity index (χ0) is 18.8. The lowest BCUT2D eigenvalue weighted by Gasteiger charge is -2.43. The number of aliphatic hydroxyl groups is 1. The minimum Gasteiger partial charge on any atom is -0.390 e. The van der Waals surface area contributed by atoms with Crippen molar-refractivity contribution in [2.75, 3.05) is 5.32 Å². The van der Waals surface area contributed by atoms with Crippen LogP contribution in [0, 0.1) is 12.7 Å². The van der Waals surface area contributed by atoms with Crippen LogP contribution in [0.5, 0.6) is 0 Å². The first-order chi connectivity index (χ1) is 12.2. The second-order valence-electron chi connectivity index (χ2n) is 7.79. The van der Waals surface area contributed by atoms with Crippen LogP contribution in [0.2, 0.25) is 5.02 Å². The minimum absolute atomic E-state index is 0.119. The number of aliphatic hydroxyl groups excluding tert-OH is 1. The van der Waals surface area contributed by atoms with E-state index in [2.05, 4.69) is 10.3 Å². The molecule has 0 amide bonds. The van der Waals surface area contributed by atoms with Crippen molar-refractivity contribution < 1.29 is 9.50 Å². The summed E-state index contributed by atoms with van der Waals surface area (Å²) in [6.45, 7) is 8.00. The summed E-state index contributed by atoms with van der Waals surface area (Å²) in [6, 6.07) is 6.98. The number of aryl methyl sites for hydroxylation is 1. The fraction of sp³-hybridized carbons (Fsp3) is 0.333. The van der Waals surface area contributed by atoms with Crippen LogP contribution < -0.4 is 5.32 Å². The molecule has 1 aliphatic rings. The summed E-state index contributed by atoms with van der Waals surface area (Å²) in [4.78, 5) is 3.12. The lowest BCUT2D eigenvalue weighted by molar-refractivity contribution is 0.0869. The van der Waals surface area contributed by atoms with Gasteiger partial charge in [-0.05, 0) is 50.6 Å². The Morgan fingerprint density at radius 1 is 1.19 bits per heavy atom. The van der Waals surface area contributed by atoms with Crippen molar-refractivity contribution in [1.82, 2.24) is 4.98 Å². The second-order valence-corrected chi connectivity index (χ2v) is 8.16. The highest BCUT2D eigenvalue weighted by molar-refractivity contribution is 6.35. The number of H-pyrrole nitrogens is 1. The Balaban J connectivity index is 2.00. The molecule has 136 valence electrons. The molecule has 1 aliphatic heterocycles. The van der Waals surface area contributed by atoms with Gasteiger partial charge in [0.1, 0.15) is 5.82 Å². The Bertz CT molecular complexity index is 1020. The number of anilines is 1. The molecule has 2 aromatic carbocycles. The van der Waals surface area contributed by atoms with E-state index >= 15 is 0 Å². The van der Waals surface area contributed by atoms with Gasteiger partial charge in [0, 0.05) is 39.9 Å². The summed E-state index contributed by atoms with van der Waals surface area (Å²) in [7, 11) is 0. The van der Waals surface area contributed by atoms with Gasteiger partial charge < -0.3 is 15.4 Å². The molecule has 0 bridgehead atoms. The van der Waals surface area contributed by atoms with Gasteiger partial charge in [-0.2, -0.15) is 0 Å². The van der Waals surface area contributed by atoms with E-state index in [0.29, 0.717) is 10.4 Å². The van der Waals surface area contributed by atoms with Gasteiger partial charge in [-0.3, -0.25) is 0 Å². The van der Waals surface area contributed by atoms with Crippen molar-refractivity contribution in [3.8, 4) is 11.1 Å². The largest absolute Gasteiger partial charge is 0.390 e. The predicted octanol–water partition coefficient (Wildman–Crippen LogP) is 5.60. The molecule has 5 heteroatoms. The molecule has 2 atom stereocenters. The summed E-state index contributed by atoms with van der Waals surface area (Å²) < 4.78 is 14.1. The number of rotatable bonds is 1. The minimum atomic E-state index is -0.569. The van der Waals surface area contributed by atoms with E-state index in [4.69, 9.17) is 11.6 Å². The molecule has 0 spiro atoms. The summed E-state index contributed by atoms with van der Waals surface area (Å²) in [6.07, 6.45) is 1.16. The van der Waals surface area contributed by atoms with E-state index in [-0.39, 0.29) is 11.7 Å². The first-order valence-electron chi connectivity index (χ1n) is 8.77. The molecule has 3 nitrogen and oxygen atoms in total. The molecular formula is C21H22ClFN2O. The highest BCUT2D eigenvalue weighted by Gasteiger charge is 2.40. The van der Waals surface area contributed by atoms with Crippen molar-refractivity contribution in [2.45, 2.75) is 45.3 Å². The zero-order valence-electron chi connectivity index (χ0n) is 15.2. The molecule has 26 heavy (non-hydrogen) atoms. The molecule has 3 aromatic rings. The fourth-order valence-electron chi connectivity index (χ4n) is 4.13. The molecule has 2 heterocycles. The van der Waals surface area contributed by atoms with Gasteiger partial charge in [0.25, 0.3) is 0 Å². The number of hydrogen-bond donors (Lipinski definition) is 3. The van der Waals surface area contributed by atoms with Crippen molar-refractivity contribution in [3.05, 3.63) is 52.4 Å². The average molecular weight is 373 g/mol. The Kier molecular flexibility index (Phi) is 3.83. The first kappa shape index (κ1) is 17.4. The number of halogens is 2. The molecular weight excluding hydrogens is 351 g/mol. The number of aromatic amines is 1. The van der Waals surface area contributed by atoms with Crippen LogP contribution in [0.15, 0.2) is 30.5 Å². The second kappa shape index (κ2) is 5.73. The Hall–Kier alpha value is -2.04. The molecule has 0 radical (unpaired) electrons. The van der Waals surface area contributed by atoms with Gasteiger partial charge in [0.2, 0.25) is 0 Å². The van der Waals surface area contributed by atoms with Gasteiger partial charge in [-0.1, -0.05) is 18.5 Å². The van der Waals surface area contributed by atoms with Gasteiger partial charge in [-0.15, -0.1) is 0 Å². The van der Waals surface area contributed by atoms with Crippen LogP contribution in [0.3, 0.4) is 0 Å². The molecule has 0 fully saturated rings. The van der Waals surface area contributed by atoms with Gasteiger partial charge in [0.15, 0.2) is 0 Å². The van der Waals surface area contributed by atoms with E-state index in [1.807, 2.05) is 33.8 Å². The van der Waals surface area contributed by atoms with E-state index in [1.54, 1.807) is 18.3 Å². The molecule has 3 N–H and O–H groups in total. The van der Waals surface area contributed by atoms with E-state index in [0.717, 1.165) is 33.5 Å². The molecule has 0 saturated heterocycles. The number of nitrogens with one attached hydrogen (secondary N) is 2. The quantitative estimate of drug-likeness (QED) is 0.520. The van der Waals surface area contributed by atoms with Crippen molar-refractivity contribution in [1.29, 1.82) is 0 Å². The molecule has 4 rings (SSSR count). The molecule has 1 aromatic heterocycles. The topological polar surface area (TPSA) is 48.0 Å². The van der Waals surface area contributed by atoms with Gasteiger partial charge in [-0.25, -0.2) is 4.39 Å². The monoisotopic (exact) mass is 372 g/mol. The normalized spacial score (nSPS) is 21.5. The van der Waals surface area contributed by atoms with Crippen LogP contribution in [0.1, 0.15) is 37.8 Å². The Morgan fingerprint density at radius 3 is 2.65 bits per heavy atom. The third kappa shape index (κ3) is 2.36. The highest BCUT2D eigenvalue weighted by atomic mass is 35.5. The molecule has 2 unspecified atom stereocenters. The van der Waals surface area contributed by atoms with Gasteiger partial charge in [0.05, 0.1) is 22.2 Å². The van der Waals surface area contributed by atoms with Crippen molar-refractivity contribution in [3.63, 3.8) is 0 Å². The number of benzene rings is 2. The van der Waals surface area contributed by atoms with Crippen molar-refractivity contribution in [2.24, 2.45) is 0 Å². The fourth-order valence-corrected chi connectivity index (χ4v) is 4.56. The van der Waals surface area contributed by atoms with Crippen LogP contribution in [0.4, 0.5) is 10.1 Å². The highest BCUT2D eigenvalue weighted by Crippen LogP contribution is 2.48. The van der Waals surface area contributed by atoms with Crippen LogP contribution in [-0.2, 0) is 0 Å². The first-order valence-corrected chi connectivity index (χ1v) is 9.15. The molecule has 0 aliphatic carbocycles. The number of hydrogen-bond acceptors (Lipinski definition) is 2. The summed E-state index contributed by atoms with van der Waals surface area (Å²) >= 11 is 6.83. The maximum atomic E-state index is 14.1. The summed E-state index contributed by atoms with van der Waals surface area (Å²) in [5.74, 6) is -0.380. The maximum absolute atomic E-state index is 14.1. The number of aromatic nitrogens is 1. The summed E-state index contributed by atoms with van der Waals surface area (Å²) in [5.41, 5.74) is 4.93. The Labute approximate surface area is 157 Å².